The van der Waals surface area contributed by atoms with Crippen molar-refractivity contribution >= 4 is 17.3 Å². The lowest BCUT2D eigenvalue weighted by Crippen LogP contribution is -2.20. The quantitative estimate of drug-likeness (QED) is 0.700. The number of carbonyl (C=O) groups is 1. The first-order valence-electron chi connectivity index (χ1n) is 7.64. The van der Waals surface area contributed by atoms with Gasteiger partial charge in [-0.25, -0.2) is 0 Å². The lowest BCUT2D eigenvalue weighted by molar-refractivity contribution is -0.118. The molecule has 0 atom stereocenters. The summed E-state index contributed by atoms with van der Waals surface area (Å²) >= 11 is 0. The minimum absolute atomic E-state index is 0.0466. The standard InChI is InChI=1S/C20H18N2O2/c21-17-8-10-18(11-9-17)22-20(23)14-24-19-12-6-16(7-13-19)15-4-2-1-3-5-15/h1-13H,14,21H2,(H,22,23). The molecular weight excluding hydrogens is 300 g/mol. The zero-order valence-electron chi connectivity index (χ0n) is 13.1. The molecule has 4 heteroatoms. The minimum atomic E-state index is -0.216. The molecular formula is C20H18N2O2. The van der Waals surface area contributed by atoms with E-state index in [-0.39, 0.29) is 12.5 Å². The predicted molar refractivity (Wildman–Crippen MR) is 96.9 cm³/mol. The summed E-state index contributed by atoms with van der Waals surface area (Å²) in [7, 11) is 0. The Morgan fingerprint density at radius 3 is 2.12 bits per heavy atom. The second kappa shape index (κ2) is 7.33. The van der Waals surface area contributed by atoms with E-state index < -0.39 is 0 Å². The van der Waals surface area contributed by atoms with E-state index in [0.29, 0.717) is 17.1 Å². The van der Waals surface area contributed by atoms with Crippen LogP contribution in [0.4, 0.5) is 11.4 Å². The Morgan fingerprint density at radius 1 is 0.833 bits per heavy atom. The van der Waals surface area contributed by atoms with Gasteiger partial charge in [0.2, 0.25) is 0 Å². The van der Waals surface area contributed by atoms with Crippen LogP contribution in [0.5, 0.6) is 5.75 Å². The van der Waals surface area contributed by atoms with E-state index in [1.807, 2.05) is 42.5 Å². The molecule has 0 aliphatic carbocycles. The van der Waals surface area contributed by atoms with Gasteiger partial charge in [0.05, 0.1) is 0 Å². The fourth-order valence-corrected chi connectivity index (χ4v) is 2.29. The number of nitrogen functional groups attached to an aromatic ring is 1. The number of hydrogen-bond donors (Lipinski definition) is 2. The normalized spacial score (nSPS) is 10.2. The topological polar surface area (TPSA) is 64.3 Å². The molecule has 3 aromatic carbocycles. The molecule has 0 saturated heterocycles. The molecule has 4 nitrogen and oxygen atoms in total. The van der Waals surface area contributed by atoms with Gasteiger partial charge in [-0.2, -0.15) is 0 Å². The lowest BCUT2D eigenvalue weighted by Gasteiger charge is -2.08. The third-order valence-electron chi connectivity index (χ3n) is 3.53. The van der Waals surface area contributed by atoms with Crippen LogP contribution in [0, 0.1) is 0 Å². The van der Waals surface area contributed by atoms with Gasteiger partial charge >= 0.3 is 0 Å². The van der Waals surface area contributed by atoms with E-state index in [4.69, 9.17) is 10.5 Å². The van der Waals surface area contributed by atoms with Crippen molar-refractivity contribution in [2.75, 3.05) is 17.7 Å². The van der Waals surface area contributed by atoms with Crippen LogP contribution < -0.4 is 15.8 Å². The summed E-state index contributed by atoms with van der Waals surface area (Å²) < 4.78 is 5.52. The summed E-state index contributed by atoms with van der Waals surface area (Å²) in [6.45, 7) is -0.0466. The molecule has 0 saturated carbocycles. The molecule has 0 aliphatic heterocycles. The lowest BCUT2D eigenvalue weighted by atomic mass is 10.1. The smallest absolute Gasteiger partial charge is 0.262 e. The third-order valence-corrected chi connectivity index (χ3v) is 3.53. The summed E-state index contributed by atoms with van der Waals surface area (Å²) in [5.74, 6) is 0.439. The van der Waals surface area contributed by atoms with Crippen molar-refractivity contribution in [3.63, 3.8) is 0 Å². The van der Waals surface area contributed by atoms with Gasteiger partial charge in [-0.05, 0) is 47.5 Å². The number of nitrogens with two attached hydrogens (primary N) is 1. The first-order chi connectivity index (χ1) is 11.7. The van der Waals surface area contributed by atoms with Crippen LogP contribution in [0.2, 0.25) is 0 Å². The number of nitrogens with one attached hydrogen (secondary N) is 1. The fourth-order valence-electron chi connectivity index (χ4n) is 2.29. The average Bonchev–Trinajstić information content (AvgIpc) is 2.63. The molecule has 0 unspecified atom stereocenters. The SMILES string of the molecule is Nc1ccc(NC(=O)COc2ccc(-c3ccccc3)cc2)cc1. The van der Waals surface area contributed by atoms with Crippen LogP contribution >= 0.6 is 0 Å². The van der Waals surface area contributed by atoms with Crippen LogP contribution in [-0.2, 0) is 4.79 Å². The molecule has 0 fully saturated rings. The van der Waals surface area contributed by atoms with Crippen LogP contribution in [0.15, 0.2) is 78.9 Å². The Balaban J connectivity index is 1.54. The monoisotopic (exact) mass is 318 g/mol. The van der Waals surface area contributed by atoms with E-state index in [0.717, 1.165) is 11.1 Å². The second-order valence-corrected chi connectivity index (χ2v) is 5.35. The summed E-state index contributed by atoms with van der Waals surface area (Å²) in [5, 5.41) is 2.76. The van der Waals surface area contributed by atoms with E-state index in [1.165, 1.54) is 0 Å². The van der Waals surface area contributed by atoms with Gasteiger partial charge < -0.3 is 15.8 Å². The number of benzene rings is 3. The van der Waals surface area contributed by atoms with Crippen molar-refractivity contribution < 1.29 is 9.53 Å². The molecule has 3 N–H and O–H groups in total. The van der Waals surface area contributed by atoms with Crippen molar-refractivity contribution in [1.82, 2.24) is 0 Å². The molecule has 0 aliphatic rings. The highest BCUT2D eigenvalue weighted by Gasteiger charge is 2.04. The Bertz CT molecular complexity index is 797. The summed E-state index contributed by atoms with van der Waals surface area (Å²) in [5.41, 5.74) is 9.21. The second-order valence-electron chi connectivity index (χ2n) is 5.35. The van der Waals surface area contributed by atoms with Crippen molar-refractivity contribution in [2.45, 2.75) is 0 Å². The number of amides is 1. The largest absolute Gasteiger partial charge is 0.484 e. The van der Waals surface area contributed by atoms with Gasteiger partial charge in [0.25, 0.3) is 5.91 Å². The highest BCUT2D eigenvalue weighted by atomic mass is 16.5. The van der Waals surface area contributed by atoms with Crippen LogP contribution in [0.25, 0.3) is 11.1 Å². The van der Waals surface area contributed by atoms with Gasteiger partial charge in [-0.3, -0.25) is 4.79 Å². The Kier molecular flexibility index (Phi) is 4.77. The molecule has 3 aromatic rings. The number of anilines is 2. The number of rotatable bonds is 5. The molecule has 0 spiro atoms. The van der Waals surface area contributed by atoms with Crippen LogP contribution in [-0.4, -0.2) is 12.5 Å². The zero-order chi connectivity index (χ0) is 16.8. The van der Waals surface area contributed by atoms with Gasteiger partial charge in [-0.1, -0.05) is 42.5 Å². The molecule has 3 rings (SSSR count). The van der Waals surface area contributed by atoms with E-state index in [9.17, 15) is 4.79 Å². The Morgan fingerprint density at radius 2 is 1.46 bits per heavy atom. The van der Waals surface area contributed by atoms with Crippen LogP contribution in [0.3, 0.4) is 0 Å². The Labute approximate surface area is 140 Å². The van der Waals surface area contributed by atoms with Crippen molar-refractivity contribution in [3.05, 3.63) is 78.9 Å². The highest BCUT2D eigenvalue weighted by Crippen LogP contribution is 2.22. The maximum atomic E-state index is 11.9. The first-order valence-corrected chi connectivity index (χ1v) is 7.64. The van der Waals surface area contributed by atoms with Gasteiger partial charge in [0.1, 0.15) is 5.75 Å². The van der Waals surface area contributed by atoms with Crippen molar-refractivity contribution in [2.24, 2.45) is 0 Å². The van der Waals surface area contributed by atoms with Crippen LogP contribution in [0.1, 0.15) is 0 Å². The average molecular weight is 318 g/mol. The number of ether oxygens (including phenoxy) is 1. The predicted octanol–water partition coefficient (Wildman–Crippen LogP) is 3.95. The summed E-state index contributed by atoms with van der Waals surface area (Å²) in [6.07, 6.45) is 0. The van der Waals surface area contributed by atoms with Gasteiger partial charge in [-0.15, -0.1) is 0 Å². The van der Waals surface area contributed by atoms with E-state index in [1.54, 1.807) is 24.3 Å². The summed E-state index contributed by atoms with van der Waals surface area (Å²) in [6, 6.07) is 24.7. The minimum Gasteiger partial charge on any atom is -0.484 e. The summed E-state index contributed by atoms with van der Waals surface area (Å²) in [4.78, 5) is 11.9. The first kappa shape index (κ1) is 15.6. The molecule has 0 radical (unpaired) electrons. The maximum Gasteiger partial charge on any atom is 0.262 e. The fraction of sp³-hybridized carbons (Fsp3) is 0.0500. The van der Waals surface area contributed by atoms with Crippen molar-refractivity contribution in [1.29, 1.82) is 0 Å². The zero-order valence-corrected chi connectivity index (χ0v) is 13.1. The molecule has 1 amide bonds. The van der Waals surface area contributed by atoms with Crippen molar-refractivity contribution in [3.8, 4) is 16.9 Å². The number of hydrogen-bond acceptors (Lipinski definition) is 3. The van der Waals surface area contributed by atoms with Gasteiger partial charge in [0.15, 0.2) is 6.61 Å². The van der Waals surface area contributed by atoms with E-state index in [2.05, 4.69) is 17.4 Å². The van der Waals surface area contributed by atoms with E-state index >= 15 is 0 Å². The molecule has 0 bridgehead atoms. The molecule has 0 heterocycles. The number of carbonyl (C=O) groups excluding carboxylic acids is 1. The maximum absolute atomic E-state index is 11.9. The molecule has 120 valence electrons. The highest BCUT2D eigenvalue weighted by molar-refractivity contribution is 5.92. The molecule has 24 heavy (non-hydrogen) atoms. The third kappa shape index (κ3) is 4.14. The molecule has 0 aromatic heterocycles. The Hall–Kier alpha value is -3.27. The van der Waals surface area contributed by atoms with Gasteiger partial charge in [0, 0.05) is 11.4 Å².